The molecule has 0 saturated carbocycles. The van der Waals surface area contributed by atoms with Crippen LogP contribution in [-0.4, -0.2) is 47.6 Å². The molecule has 0 bridgehead atoms. The van der Waals surface area contributed by atoms with Crippen LogP contribution in [0.25, 0.3) is 0 Å². The maximum Gasteiger partial charge on any atom is 0.317 e. The van der Waals surface area contributed by atoms with Crippen molar-refractivity contribution in [1.29, 1.82) is 0 Å². The van der Waals surface area contributed by atoms with Crippen molar-refractivity contribution in [2.75, 3.05) is 31.6 Å². The zero-order chi connectivity index (χ0) is 11.0. The first kappa shape index (κ1) is 13.8. The Bertz CT molecular complexity index is 162. The molecule has 0 atom stereocenters. The lowest BCUT2D eigenvalue weighted by Crippen LogP contribution is -2.34. The first-order valence-electron chi connectivity index (χ1n) is 4.99. The second-order valence-electron chi connectivity index (χ2n) is 3.87. The van der Waals surface area contributed by atoms with Gasteiger partial charge in [-0.2, -0.15) is 11.8 Å². The molecule has 0 aliphatic heterocycles. The third-order valence-electron chi connectivity index (χ3n) is 1.81. The maximum absolute atomic E-state index is 10.6. The predicted molar refractivity (Wildman–Crippen MR) is 61.9 cm³/mol. The van der Waals surface area contributed by atoms with Crippen molar-refractivity contribution in [2.24, 2.45) is 5.92 Å². The van der Waals surface area contributed by atoms with E-state index in [1.807, 2.05) is 16.7 Å². The van der Waals surface area contributed by atoms with Crippen molar-refractivity contribution in [2.45, 2.75) is 20.3 Å². The monoisotopic (exact) mass is 219 g/mol. The molecule has 0 amide bonds. The van der Waals surface area contributed by atoms with Gasteiger partial charge in [-0.25, -0.2) is 0 Å². The summed E-state index contributed by atoms with van der Waals surface area (Å²) < 4.78 is 0. The SMILES string of the molecule is CSCCCN(CC(=O)O)CC(C)C. The molecule has 0 spiro atoms. The Morgan fingerprint density at radius 3 is 2.57 bits per heavy atom. The zero-order valence-electron chi connectivity index (χ0n) is 9.32. The van der Waals surface area contributed by atoms with Crippen LogP contribution in [0.3, 0.4) is 0 Å². The van der Waals surface area contributed by atoms with Crippen molar-refractivity contribution in [3.8, 4) is 0 Å². The molecule has 0 unspecified atom stereocenters. The molecule has 3 nitrogen and oxygen atoms in total. The molecule has 0 aliphatic rings. The van der Waals surface area contributed by atoms with Crippen molar-refractivity contribution in [1.82, 2.24) is 4.90 Å². The van der Waals surface area contributed by atoms with Gasteiger partial charge in [-0.15, -0.1) is 0 Å². The third-order valence-corrected chi connectivity index (χ3v) is 2.50. The Hall–Kier alpha value is -0.220. The summed E-state index contributed by atoms with van der Waals surface area (Å²) >= 11 is 1.81. The fraction of sp³-hybridized carbons (Fsp3) is 0.900. The average molecular weight is 219 g/mol. The van der Waals surface area contributed by atoms with Gasteiger partial charge in [0.15, 0.2) is 0 Å². The molecular weight excluding hydrogens is 198 g/mol. The van der Waals surface area contributed by atoms with Crippen LogP contribution < -0.4 is 0 Å². The highest BCUT2D eigenvalue weighted by atomic mass is 32.2. The highest BCUT2D eigenvalue weighted by Crippen LogP contribution is 2.02. The Morgan fingerprint density at radius 1 is 1.50 bits per heavy atom. The van der Waals surface area contributed by atoms with Crippen molar-refractivity contribution in [3.63, 3.8) is 0 Å². The fourth-order valence-corrected chi connectivity index (χ4v) is 1.79. The lowest BCUT2D eigenvalue weighted by Gasteiger charge is -2.21. The van der Waals surface area contributed by atoms with E-state index in [0.717, 1.165) is 25.3 Å². The summed E-state index contributed by atoms with van der Waals surface area (Å²) in [6.45, 7) is 6.17. The highest BCUT2D eigenvalue weighted by molar-refractivity contribution is 7.98. The number of rotatable bonds is 8. The van der Waals surface area contributed by atoms with Crippen LogP contribution in [0.5, 0.6) is 0 Å². The molecule has 1 N–H and O–H groups in total. The van der Waals surface area contributed by atoms with Gasteiger partial charge in [0.1, 0.15) is 0 Å². The summed E-state index contributed by atoms with van der Waals surface area (Å²) in [5.41, 5.74) is 0. The summed E-state index contributed by atoms with van der Waals surface area (Å²) in [4.78, 5) is 12.6. The van der Waals surface area contributed by atoms with Gasteiger partial charge >= 0.3 is 5.97 Å². The minimum absolute atomic E-state index is 0.173. The van der Waals surface area contributed by atoms with Gasteiger partial charge in [0, 0.05) is 6.54 Å². The second-order valence-corrected chi connectivity index (χ2v) is 4.85. The van der Waals surface area contributed by atoms with Gasteiger partial charge in [0.05, 0.1) is 6.54 Å². The summed E-state index contributed by atoms with van der Waals surface area (Å²) in [5, 5.41) is 8.71. The van der Waals surface area contributed by atoms with Crippen LogP contribution in [-0.2, 0) is 4.79 Å². The number of hydrogen-bond acceptors (Lipinski definition) is 3. The quantitative estimate of drug-likeness (QED) is 0.632. The van der Waals surface area contributed by atoms with Crippen LogP contribution in [0.1, 0.15) is 20.3 Å². The first-order valence-corrected chi connectivity index (χ1v) is 6.38. The molecule has 4 heteroatoms. The molecule has 0 saturated heterocycles. The molecule has 84 valence electrons. The molecule has 14 heavy (non-hydrogen) atoms. The van der Waals surface area contributed by atoms with Gasteiger partial charge in [-0.05, 0) is 30.9 Å². The summed E-state index contributed by atoms with van der Waals surface area (Å²) in [6.07, 6.45) is 3.14. The minimum Gasteiger partial charge on any atom is -0.480 e. The average Bonchev–Trinajstić information content (AvgIpc) is 2.02. The highest BCUT2D eigenvalue weighted by Gasteiger charge is 2.10. The molecule has 0 aromatic heterocycles. The van der Waals surface area contributed by atoms with Crippen LogP contribution in [0.2, 0.25) is 0 Å². The van der Waals surface area contributed by atoms with Crippen LogP contribution in [0, 0.1) is 5.92 Å². The molecule has 0 aromatic rings. The third kappa shape index (κ3) is 8.38. The number of aliphatic carboxylic acids is 1. The number of carboxylic acid groups (broad SMARTS) is 1. The molecular formula is C10H21NO2S. The van der Waals surface area contributed by atoms with Crippen molar-refractivity contribution < 1.29 is 9.90 Å². The van der Waals surface area contributed by atoms with E-state index in [2.05, 4.69) is 20.1 Å². The van der Waals surface area contributed by atoms with Gasteiger partial charge in [-0.3, -0.25) is 9.69 Å². The van der Waals surface area contributed by atoms with E-state index in [-0.39, 0.29) is 6.54 Å². The van der Waals surface area contributed by atoms with Crippen molar-refractivity contribution in [3.05, 3.63) is 0 Å². The van der Waals surface area contributed by atoms with E-state index in [1.54, 1.807) is 0 Å². The van der Waals surface area contributed by atoms with Crippen LogP contribution in [0.15, 0.2) is 0 Å². The van der Waals surface area contributed by atoms with E-state index in [9.17, 15) is 4.79 Å². The number of nitrogens with zero attached hydrogens (tertiary/aromatic N) is 1. The van der Waals surface area contributed by atoms with E-state index in [0.29, 0.717) is 5.92 Å². The van der Waals surface area contributed by atoms with E-state index < -0.39 is 5.97 Å². The number of carbonyl (C=O) groups is 1. The molecule has 0 rings (SSSR count). The first-order chi connectivity index (χ1) is 6.56. The normalized spacial score (nSPS) is 11.2. The predicted octanol–water partition coefficient (Wildman–Crippen LogP) is 1.78. The van der Waals surface area contributed by atoms with Crippen LogP contribution in [0.4, 0.5) is 0 Å². The van der Waals surface area contributed by atoms with E-state index >= 15 is 0 Å². The lowest BCUT2D eigenvalue weighted by atomic mass is 10.2. The Balaban J connectivity index is 3.78. The summed E-state index contributed by atoms with van der Waals surface area (Å²) in [7, 11) is 0. The molecule has 0 aromatic carbocycles. The topological polar surface area (TPSA) is 40.5 Å². The lowest BCUT2D eigenvalue weighted by molar-refractivity contribution is -0.138. The van der Waals surface area contributed by atoms with Gasteiger partial charge < -0.3 is 5.11 Å². The molecule has 0 heterocycles. The van der Waals surface area contributed by atoms with E-state index in [4.69, 9.17) is 5.11 Å². The maximum atomic E-state index is 10.6. The molecule has 0 aliphatic carbocycles. The second kappa shape index (κ2) is 8.12. The van der Waals surface area contributed by atoms with Crippen molar-refractivity contribution >= 4 is 17.7 Å². The van der Waals surface area contributed by atoms with E-state index in [1.165, 1.54) is 0 Å². The van der Waals surface area contributed by atoms with Gasteiger partial charge in [-0.1, -0.05) is 13.8 Å². The molecule has 0 radical (unpaired) electrons. The number of hydrogen-bond donors (Lipinski definition) is 1. The Labute approximate surface area is 90.9 Å². The fourth-order valence-electron chi connectivity index (χ4n) is 1.38. The van der Waals surface area contributed by atoms with Gasteiger partial charge in [0.2, 0.25) is 0 Å². The minimum atomic E-state index is -0.727. The summed E-state index contributed by atoms with van der Waals surface area (Å²) in [5.74, 6) is 0.909. The summed E-state index contributed by atoms with van der Waals surface area (Å²) in [6, 6.07) is 0. The van der Waals surface area contributed by atoms with Gasteiger partial charge in [0.25, 0.3) is 0 Å². The number of carboxylic acids is 1. The number of thioether (sulfide) groups is 1. The smallest absolute Gasteiger partial charge is 0.317 e. The molecule has 0 fully saturated rings. The Kier molecular flexibility index (Phi) is 7.99. The Morgan fingerprint density at radius 2 is 2.14 bits per heavy atom. The zero-order valence-corrected chi connectivity index (χ0v) is 10.1. The largest absolute Gasteiger partial charge is 0.480 e. The van der Waals surface area contributed by atoms with Crippen LogP contribution >= 0.6 is 11.8 Å². The standard InChI is InChI=1S/C10H21NO2S/c1-9(2)7-11(8-10(12)13)5-4-6-14-3/h9H,4-8H2,1-3H3,(H,12,13).